The first-order chi connectivity index (χ1) is 8.36. The number of nitrogens with zero attached hydrogens (tertiary/aromatic N) is 1. The van der Waals surface area contributed by atoms with Crippen molar-refractivity contribution in [3.8, 4) is 0 Å². The fourth-order valence-corrected chi connectivity index (χ4v) is 1.53. The summed E-state index contributed by atoms with van der Waals surface area (Å²) in [5.74, 6) is 0.134. The second kappa shape index (κ2) is 5.75. The van der Waals surface area contributed by atoms with E-state index in [1.54, 1.807) is 6.21 Å². The van der Waals surface area contributed by atoms with E-state index in [2.05, 4.69) is 53.5 Å². The standard InChI is InChI=1S/C10H8.C5H5NO/c1-2-6-10-8-4-3-7-9(10)5-1;7-5-1-3-6-4-2-5/h1-8H;1,3-4H,2H2. The zero-order valence-corrected chi connectivity index (χ0v) is 9.41. The molecule has 0 N–H and O–H groups in total. The third-order valence-corrected chi connectivity index (χ3v) is 2.40. The van der Waals surface area contributed by atoms with Crippen molar-refractivity contribution in [3.63, 3.8) is 0 Å². The van der Waals surface area contributed by atoms with Gasteiger partial charge in [-0.15, -0.1) is 0 Å². The van der Waals surface area contributed by atoms with Gasteiger partial charge in [-0.05, 0) is 16.8 Å². The number of fused-ring (bicyclic) bond motifs is 1. The van der Waals surface area contributed by atoms with Crippen LogP contribution >= 0.6 is 0 Å². The van der Waals surface area contributed by atoms with Crippen molar-refractivity contribution < 1.29 is 4.79 Å². The molecular formula is C15H13NO. The Balaban J connectivity index is 0.000000136. The molecule has 0 bridgehead atoms. The zero-order valence-electron chi connectivity index (χ0n) is 9.41. The number of ketones is 1. The van der Waals surface area contributed by atoms with Crippen molar-refractivity contribution in [1.82, 2.24) is 0 Å². The lowest BCUT2D eigenvalue weighted by Crippen LogP contribution is -1.95. The van der Waals surface area contributed by atoms with Gasteiger partial charge in [-0.1, -0.05) is 48.5 Å². The molecule has 1 heterocycles. The maximum atomic E-state index is 10.3. The third-order valence-electron chi connectivity index (χ3n) is 2.40. The molecule has 0 saturated heterocycles. The van der Waals surface area contributed by atoms with Gasteiger partial charge in [0.25, 0.3) is 0 Å². The van der Waals surface area contributed by atoms with Crippen molar-refractivity contribution in [1.29, 1.82) is 0 Å². The SMILES string of the molecule is O=C1C=CN=CC1.c1ccc2ccccc2c1. The van der Waals surface area contributed by atoms with Gasteiger partial charge in [-0.3, -0.25) is 9.79 Å². The fraction of sp³-hybridized carbons (Fsp3) is 0.0667. The van der Waals surface area contributed by atoms with Gasteiger partial charge in [0, 0.05) is 18.8 Å². The quantitative estimate of drug-likeness (QED) is 0.673. The van der Waals surface area contributed by atoms with Crippen LogP contribution in [0.4, 0.5) is 0 Å². The van der Waals surface area contributed by atoms with E-state index in [9.17, 15) is 4.79 Å². The van der Waals surface area contributed by atoms with Crippen molar-refractivity contribution in [2.24, 2.45) is 4.99 Å². The molecule has 0 aromatic heterocycles. The summed E-state index contributed by atoms with van der Waals surface area (Å²) in [6.07, 6.45) is 5.05. The van der Waals surface area contributed by atoms with Crippen LogP contribution in [-0.2, 0) is 4.79 Å². The molecule has 0 unspecified atom stereocenters. The number of carbonyl (C=O) groups is 1. The van der Waals surface area contributed by atoms with Crippen LogP contribution in [0.15, 0.2) is 65.8 Å². The van der Waals surface area contributed by atoms with E-state index in [1.165, 1.54) is 23.0 Å². The van der Waals surface area contributed by atoms with Crippen molar-refractivity contribution >= 4 is 22.8 Å². The highest BCUT2D eigenvalue weighted by Gasteiger charge is 1.93. The molecule has 1 aliphatic heterocycles. The number of rotatable bonds is 0. The summed E-state index contributed by atoms with van der Waals surface area (Å²) >= 11 is 0. The molecule has 0 atom stereocenters. The van der Waals surface area contributed by atoms with Gasteiger partial charge in [-0.2, -0.15) is 0 Å². The molecule has 0 saturated carbocycles. The largest absolute Gasteiger partial charge is 0.294 e. The number of hydrogen-bond acceptors (Lipinski definition) is 2. The van der Waals surface area contributed by atoms with Crippen molar-refractivity contribution in [2.45, 2.75) is 6.42 Å². The molecule has 0 amide bonds. The van der Waals surface area contributed by atoms with Crippen LogP contribution in [0.5, 0.6) is 0 Å². The van der Waals surface area contributed by atoms with Crippen LogP contribution < -0.4 is 0 Å². The Hall–Kier alpha value is -2.22. The summed E-state index contributed by atoms with van der Waals surface area (Å²) in [4.78, 5) is 14.0. The minimum absolute atomic E-state index is 0.134. The molecule has 0 radical (unpaired) electrons. The Kier molecular flexibility index (Phi) is 3.81. The van der Waals surface area contributed by atoms with E-state index in [0.29, 0.717) is 6.42 Å². The second-order valence-corrected chi connectivity index (χ2v) is 3.66. The zero-order chi connectivity index (χ0) is 11.9. The van der Waals surface area contributed by atoms with E-state index < -0.39 is 0 Å². The number of benzene rings is 2. The van der Waals surface area contributed by atoms with Crippen LogP contribution in [0.1, 0.15) is 6.42 Å². The summed E-state index contributed by atoms with van der Waals surface area (Å²) in [7, 11) is 0. The van der Waals surface area contributed by atoms with Crippen molar-refractivity contribution in [2.75, 3.05) is 0 Å². The Labute approximate surface area is 100 Å². The molecule has 1 aliphatic rings. The predicted octanol–water partition coefficient (Wildman–Crippen LogP) is 3.38. The molecule has 0 aliphatic carbocycles. The van der Waals surface area contributed by atoms with Crippen LogP contribution in [-0.4, -0.2) is 12.0 Å². The number of allylic oxidation sites excluding steroid dienone is 1. The lowest BCUT2D eigenvalue weighted by atomic mass is 10.1. The van der Waals surface area contributed by atoms with E-state index in [-0.39, 0.29) is 5.78 Å². The van der Waals surface area contributed by atoms with Gasteiger partial charge in [0.05, 0.1) is 0 Å². The van der Waals surface area contributed by atoms with Gasteiger partial charge in [0.2, 0.25) is 0 Å². The summed E-state index contributed by atoms with van der Waals surface area (Å²) in [5.41, 5.74) is 0. The minimum atomic E-state index is 0.134. The van der Waals surface area contributed by atoms with Gasteiger partial charge in [-0.25, -0.2) is 0 Å². The number of aliphatic imine (C=N–C) groups is 1. The van der Waals surface area contributed by atoms with Crippen molar-refractivity contribution in [3.05, 3.63) is 60.8 Å². The number of carbonyl (C=O) groups excluding carboxylic acids is 1. The Morgan fingerprint density at radius 1 is 0.882 bits per heavy atom. The van der Waals surface area contributed by atoms with Crippen LogP contribution in [0.2, 0.25) is 0 Å². The van der Waals surface area contributed by atoms with Gasteiger partial charge < -0.3 is 0 Å². The lowest BCUT2D eigenvalue weighted by Gasteiger charge is -1.92. The first-order valence-corrected chi connectivity index (χ1v) is 5.51. The van der Waals surface area contributed by atoms with E-state index in [0.717, 1.165) is 0 Å². The first kappa shape index (κ1) is 11.3. The summed E-state index contributed by atoms with van der Waals surface area (Å²) in [6, 6.07) is 16.7. The van der Waals surface area contributed by atoms with E-state index in [4.69, 9.17) is 0 Å². The number of hydrogen-bond donors (Lipinski definition) is 0. The molecule has 2 nitrogen and oxygen atoms in total. The molecule has 17 heavy (non-hydrogen) atoms. The second-order valence-electron chi connectivity index (χ2n) is 3.66. The van der Waals surface area contributed by atoms with Crippen LogP contribution in [0, 0.1) is 0 Å². The van der Waals surface area contributed by atoms with Gasteiger partial charge >= 0.3 is 0 Å². The average Bonchev–Trinajstić information content (AvgIpc) is 2.41. The minimum Gasteiger partial charge on any atom is -0.294 e. The average molecular weight is 223 g/mol. The normalized spacial score (nSPS) is 13.3. The first-order valence-electron chi connectivity index (χ1n) is 5.51. The lowest BCUT2D eigenvalue weighted by molar-refractivity contribution is -0.113. The molecule has 2 aromatic rings. The molecule has 84 valence electrons. The Bertz CT molecular complexity index is 504. The summed E-state index contributed by atoms with van der Waals surface area (Å²) in [5, 5.41) is 2.62. The topological polar surface area (TPSA) is 29.4 Å². The monoisotopic (exact) mass is 223 g/mol. The maximum Gasteiger partial charge on any atom is 0.162 e. The van der Waals surface area contributed by atoms with Crippen LogP contribution in [0.25, 0.3) is 10.8 Å². The fourth-order valence-electron chi connectivity index (χ4n) is 1.53. The van der Waals surface area contributed by atoms with E-state index in [1.807, 2.05) is 0 Å². The molecule has 2 aromatic carbocycles. The molecule has 0 spiro atoms. The van der Waals surface area contributed by atoms with E-state index >= 15 is 0 Å². The smallest absolute Gasteiger partial charge is 0.162 e. The molecule has 3 rings (SSSR count). The Morgan fingerprint density at radius 3 is 1.71 bits per heavy atom. The Morgan fingerprint density at radius 2 is 1.41 bits per heavy atom. The third kappa shape index (κ3) is 3.38. The maximum absolute atomic E-state index is 10.3. The highest BCUT2D eigenvalue weighted by molar-refractivity contribution is 6.00. The predicted molar refractivity (Wildman–Crippen MR) is 71.2 cm³/mol. The highest BCUT2D eigenvalue weighted by Crippen LogP contribution is 2.11. The van der Waals surface area contributed by atoms with Crippen LogP contribution in [0.3, 0.4) is 0 Å². The van der Waals surface area contributed by atoms with Gasteiger partial charge in [0.1, 0.15) is 0 Å². The highest BCUT2D eigenvalue weighted by atomic mass is 16.1. The molecule has 2 heteroatoms. The molecule has 0 fully saturated rings. The molecular weight excluding hydrogens is 210 g/mol. The summed E-state index contributed by atoms with van der Waals surface area (Å²) < 4.78 is 0. The summed E-state index contributed by atoms with van der Waals surface area (Å²) in [6.45, 7) is 0. The van der Waals surface area contributed by atoms with Gasteiger partial charge in [0.15, 0.2) is 5.78 Å².